The summed E-state index contributed by atoms with van der Waals surface area (Å²) >= 11 is 11.1. The van der Waals surface area contributed by atoms with E-state index in [0.29, 0.717) is 22.2 Å². The van der Waals surface area contributed by atoms with Crippen molar-refractivity contribution in [1.82, 2.24) is 4.90 Å². The number of nitrogens with zero attached hydrogens (tertiary/aromatic N) is 1. The van der Waals surface area contributed by atoms with Gasteiger partial charge in [0.25, 0.3) is 0 Å². The van der Waals surface area contributed by atoms with Gasteiger partial charge in [0.2, 0.25) is 0 Å². The monoisotopic (exact) mass is 308 g/mol. The second-order valence-electron chi connectivity index (χ2n) is 4.38. The minimum absolute atomic E-state index is 0.228. The fourth-order valence-corrected chi connectivity index (χ4v) is 2.01. The summed E-state index contributed by atoms with van der Waals surface area (Å²) in [6.45, 7) is 0.409. The van der Waals surface area contributed by atoms with Crippen LogP contribution in [0.1, 0.15) is 5.56 Å². The molecule has 2 rings (SSSR count). The van der Waals surface area contributed by atoms with E-state index < -0.39 is 0 Å². The average molecular weight is 309 g/mol. The van der Waals surface area contributed by atoms with Crippen LogP contribution in [-0.2, 0) is 6.54 Å². The fourth-order valence-electron chi connectivity index (χ4n) is 1.71. The summed E-state index contributed by atoms with van der Waals surface area (Å²) in [7, 11) is 1.82. The molecule has 0 bridgehead atoms. The van der Waals surface area contributed by atoms with Crippen LogP contribution in [0.3, 0.4) is 0 Å². The molecule has 1 N–H and O–H groups in total. The zero-order valence-electron chi connectivity index (χ0n) is 10.9. The quantitative estimate of drug-likeness (QED) is 0.851. The lowest BCUT2D eigenvalue weighted by Gasteiger charge is -2.21. The number of rotatable bonds is 3. The lowest BCUT2D eigenvalue weighted by molar-refractivity contribution is 0.486. The molecule has 0 atom stereocenters. The summed E-state index contributed by atoms with van der Waals surface area (Å²) < 4.78 is 13.6. The Hall–Kier alpha value is -1.65. The maximum absolute atomic E-state index is 13.6. The van der Waals surface area contributed by atoms with E-state index in [2.05, 4.69) is 5.32 Å². The van der Waals surface area contributed by atoms with Crippen LogP contribution in [0.2, 0.25) is 5.02 Å². The molecule has 0 unspecified atom stereocenters. The lowest BCUT2D eigenvalue weighted by Crippen LogP contribution is -2.30. The highest BCUT2D eigenvalue weighted by Gasteiger charge is 2.08. The minimum atomic E-state index is -0.228. The van der Waals surface area contributed by atoms with E-state index in [1.807, 2.05) is 25.2 Å². The number of benzene rings is 2. The van der Waals surface area contributed by atoms with Crippen LogP contribution >= 0.6 is 23.8 Å². The highest BCUT2D eigenvalue weighted by atomic mass is 35.5. The van der Waals surface area contributed by atoms with Gasteiger partial charge in [-0.15, -0.1) is 0 Å². The molecule has 2 nitrogen and oxygen atoms in total. The molecule has 0 saturated heterocycles. The predicted molar refractivity (Wildman–Crippen MR) is 85.5 cm³/mol. The van der Waals surface area contributed by atoms with Gasteiger partial charge in [-0.2, -0.15) is 0 Å². The van der Waals surface area contributed by atoms with Gasteiger partial charge in [-0.1, -0.05) is 29.8 Å². The zero-order valence-corrected chi connectivity index (χ0v) is 12.5. The topological polar surface area (TPSA) is 15.3 Å². The van der Waals surface area contributed by atoms with E-state index in [4.69, 9.17) is 23.8 Å². The first-order valence-electron chi connectivity index (χ1n) is 6.07. The van der Waals surface area contributed by atoms with Crippen LogP contribution < -0.4 is 5.32 Å². The smallest absolute Gasteiger partial charge is 0.173 e. The first-order valence-corrected chi connectivity index (χ1v) is 6.86. The summed E-state index contributed by atoms with van der Waals surface area (Å²) in [6.07, 6.45) is 0. The Morgan fingerprint density at radius 2 is 1.85 bits per heavy atom. The van der Waals surface area contributed by atoms with Crippen molar-refractivity contribution in [3.8, 4) is 0 Å². The molecule has 2 aromatic carbocycles. The summed E-state index contributed by atoms with van der Waals surface area (Å²) in [6, 6.07) is 13.9. The maximum atomic E-state index is 13.6. The second kappa shape index (κ2) is 6.68. The molecule has 0 fully saturated rings. The molecule has 20 heavy (non-hydrogen) atoms. The van der Waals surface area contributed by atoms with E-state index in [1.165, 1.54) is 6.07 Å². The average Bonchev–Trinajstić information content (AvgIpc) is 2.44. The van der Waals surface area contributed by atoms with Gasteiger partial charge >= 0.3 is 0 Å². The summed E-state index contributed by atoms with van der Waals surface area (Å²) in [5.41, 5.74) is 1.45. The van der Waals surface area contributed by atoms with Crippen molar-refractivity contribution in [1.29, 1.82) is 0 Å². The third-order valence-electron chi connectivity index (χ3n) is 2.81. The molecule has 0 amide bonds. The van der Waals surface area contributed by atoms with Crippen LogP contribution in [0.15, 0.2) is 48.5 Å². The third-order valence-corrected chi connectivity index (χ3v) is 3.47. The van der Waals surface area contributed by atoms with Crippen LogP contribution in [0, 0.1) is 5.82 Å². The van der Waals surface area contributed by atoms with Gasteiger partial charge in [0.05, 0.1) is 0 Å². The van der Waals surface area contributed by atoms with Crippen molar-refractivity contribution < 1.29 is 4.39 Å². The highest BCUT2D eigenvalue weighted by molar-refractivity contribution is 7.80. The van der Waals surface area contributed by atoms with Gasteiger partial charge in [-0.05, 0) is 42.5 Å². The Morgan fingerprint density at radius 3 is 2.50 bits per heavy atom. The largest absolute Gasteiger partial charge is 0.348 e. The summed E-state index contributed by atoms with van der Waals surface area (Å²) in [4.78, 5) is 1.78. The molecule has 0 heterocycles. The van der Waals surface area contributed by atoms with Gasteiger partial charge in [0.1, 0.15) is 5.82 Å². The first-order chi connectivity index (χ1) is 9.56. The van der Waals surface area contributed by atoms with E-state index in [0.717, 1.165) is 5.69 Å². The van der Waals surface area contributed by atoms with Gasteiger partial charge in [0, 0.05) is 29.9 Å². The minimum Gasteiger partial charge on any atom is -0.348 e. The SMILES string of the molecule is CN(Cc1ccccc1F)C(=S)Nc1ccc(Cl)cc1. The van der Waals surface area contributed by atoms with Gasteiger partial charge < -0.3 is 10.2 Å². The number of halogens is 2. The van der Waals surface area contributed by atoms with Crippen molar-refractivity contribution in [2.45, 2.75) is 6.54 Å². The molecule has 0 saturated carbocycles. The molecular formula is C15H14ClFN2S. The maximum Gasteiger partial charge on any atom is 0.173 e. The van der Waals surface area contributed by atoms with Crippen LogP contribution in [0.5, 0.6) is 0 Å². The van der Waals surface area contributed by atoms with Crippen molar-refractivity contribution in [2.24, 2.45) is 0 Å². The molecule has 0 aliphatic rings. The molecule has 0 aromatic heterocycles. The number of hydrogen-bond donors (Lipinski definition) is 1. The van der Waals surface area contributed by atoms with Gasteiger partial charge in [0.15, 0.2) is 5.11 Å². The Bertz CT molecular complexity index is 601. The second-order valence-corrected chi connectivity index (χ2v) is 5.21. The number of nitrogens with one attached hydrogen (secondary N) is 1. The molecule has 104 valence electrons. The number of hydrogen-bond acceptors (Lipinski definition) is 1. The molecule has 2 aromatic rings. The van der Waals surface area contributed by atoms with Crippen molar-refractivity contribution in [2.75, 3.05) is 12.4 Å². The van der Waals surface area contributed by atoms with E-state index in [1.54, 1.807) is 29.2 Å². The Balaban J connectivity index is 1.99. The zero-order chi connectivity index (χ0) is 14.5. The fraction of sp³-hybridized carbons (Fsp3) is 0.133. The molecule has 0 spiro atoms. The Labute approximate surface area is 128 Å². The van der Waals surface area contributed by atoms with Gasteiger partial charge in [-0.25, -0.2) is 4.39 Å². The van der Waals surface area contributed by atoms with Crippen molar-refractivity contribution in [3.05, 3.63) is 64.9 Å². The third kappa shape index (κ3) is 3.92. The molecule has 5 heteroatoms. The summed E-state index contributed by atoms with van der Waals surface area (Å²) in [5, 5.41) is 4.28. The van der Waals surface area contributed by atoms with E-state index in [9.17, 15) is 4.39 Å². The molecule has 0 aliphatic carbocycles. The predicted octanol–water partition coefficient (Wildman–Crippen LogP) is 4.31. The first kappa shape index (κ1) is 14.8. The molecular weight excluding hydrogens is 295 g/mol. The molecule has 0 aliphatic heterocycles. The van der Waals surface area contributed by atoms with Crippen LogP contribution in [0.4, 0.5) is 10.1 Å². The van der Waals surface area contributed by atoms with Crippen LogP contribution in [0.25, 0.3) is 0 Å². The highest BCUT2D eigenvalue weighted by Crippen LogP contribution is 2.15. The Kier molecular flexibility index (Phi) is 4.93. The number of thiocarbonyl (C=S) groups is 1. The normalized spacial score (nSPS) is 10.2. The Morgan fingerprint density at radius 1 is 1.20 bits per heavy atom. The standard InChI is InChI=1S/C15H14ClFN2S/c1-19(10-11-4-2-3-5-14(11)17)15(20)18-13-8-6-12(16)7-9-13/h2-9H,10H2,1H3,(H,18,20). The van der Waals surface area contributed by atoms with Crippen molar-refractivity contribution in [3.63, 3.8) is 0 Å². The number of anilines is 1. The summed E-state index contributed by atoms with van der Waals surface area (Å²) in [5.74, 6) is -0.228. The van der Waals surface area contributed by atoms with E-state index >= 15 is 0 Å². The van der Waals surface area contributed by atoms with E-state index in [-0.39, 0.29) is 5.82 Å². The molecule has 0 radical (unpaired) electrons. The van der Waals surface area contributed by atoms with Crippen molar-refractivity contribution >= 4 is 34.6 Å². The van der Waals surface area contributed by atoms with Crippen LogP contribution in [-0.4, -0.2) is 17.1 Å². The lowest BCUT2D eigenvalue weighted by atomic mass is 10.2. The van der Waals surface area contributed by atoms with Gasteiger partial charge in [-0.3, -0.25) is 0 Å².